The standard InChI is InChI=1S/C20H16N2O4/c1-12(23)21-14-8-10-15(11-9-14)22-19(24)16-6-2-4-13-5-3-7-17(18(13)16)20(25)26/h2-11H,1H3,(H,21,23)(H,22,24)(H,25,26). The van der Waals surface area contributed by atoms with Crippen LogP contribution in [0.1, 0.15) is 27.6 Å². The third-order valence-corrected chi connectivity index (χ3v) is 3.84. The summed E-state index contributed by atoms with van der Waals surface area (Å²) in [7, 11) is 0. The van der Waals surface area contributed by atoms with Gasteiger partial charge in [0, 0.05) is 29.2 Å². The molecule has 0 radical (unpaired) electrons. The van der Waals surface area contributed by atoms with Crippen molar-refractivity contribution >= 4 is 39.9 Å². The third kappa shape index (κ3) is 3.54. The highest BCUT2D eigenvalue weighted by molar-refractivity contribution is 6.17. The van der Waals surface area contributed by atoms with Crippen molar-refractivity contribution < 1.29 is 19.5 Å². The topological polar surface area (TPSA) is 95.5 Å². The van der Waals surface area contributed by atoms with Crippen molar-refractivity contribution in [3.05, 3.63) is 71.8 Å². The lowest BCUT2D eigenvalue weighted by molar-refractivity contribution is -0.114. The van der Waals surface area contributed by atoms with E-state index in [1.807, 2.05) is 0 Å². The predicted molar refractivity (Wildman–Crippen MR) is 99.6 cm³/mol. The quantitative estimate of drug-likeness (QED) is 0.669. The van der Waals surface area contributed by atoms with Crippen LogP contribution in [0.5, 0.6) is 0 Å². The maximum absolute atomic E-state index is 12.7. The highest BCUT2D eigenvalue weighted by atomic mass is 16.4. The van der Waals surface area contributed by atoms with Gasteiger partial charge >= 0.3 is 5.97 Å². The van der Waals surface area contributed by atoms with E-state index >= 15 is 0 Å². The van der Waals surface area contributed by atoms with Gasteiger partial charge in [0.25, 0.3) is 5.91 Å². The van der Waals surface area contributed by atoms with Crippen LogP contribution in [0, 0.1) is 0 Å². The fraction of sp³-hybridized carbons (Fsp3) is 0.0500. The number of anilines is 2. The molecule has 3 aromatic rings. The Morgan fingerprint density at radius 3 is 1.85 bits per heavy atom. The number of carbonyl (C=O) groups is 3. The van der Waals surface area contributed by atoms with E-state index < -0.39 is 11.9 Å². The first-order chi connectivity index (χ1) is 12.5. The van der Waals surface area contributed by atoms with E-state index in [4.69, 9.17) is 0 Å². The van der Waals surface area contributed by atoms with Gasteiger partial charge in [0.05, 0.1) is 5.56 Å². The summed E-state index contributed by atoms with van der Waals surface area (Å²) in [6.45, 7) is 1.41. The van der Waals surface area contributed by atoms with Crippen LogP contribution < -0.4 is 10.6 Å². The van der Waals surface area contributed by atoms with Gasteiger partial charge in [0.15, 0.2) is 0 Å². The zero-order chi connectivity index (χ0) is 18.7. The van der Waals surface area contributed by atoms with Crippen molar-refractivity contribution in [2.75, 3.05) is 10.6 Å². The van der Waals surface area contributed by atoms with Crippen LogP contribution in [0.15, 0.2) is 60.7 Å². The van der Waals surface area contributed by atoms with Gasteiger partial charge in [-0.2, -0.15) is 0 Å². The summed E-state index contributed by atoms with van der Waals surface area (Å²) >= 11 is 0. The zero-order valence-corrected chi connectivity index (χ0v) is 13.9. The molecule has 0 fully saturated rings. The fourth-order valence-electron chi connectivity index (χ4n) is 2.75. The number of carboxylic acid groups (broad SMARTS) is 1. The van der Waals surface area contributed by atoms with E-state index in [0.29, 0.717) is 22.1 Å². The Balaban J connectivity index is 1.93. The zero-order valence-electron chi connectivity index (χ0n) is 13.9. The molecule has 0 saturated carbocycles. The first-order valence-electron chi connectivity index (χ1n) is 7.90. The lowest BCUT2D eigenvalue weighted by Gasteiger charge is -2.11. The lowest BCUT2D eigenvalue weighted by Crippen LogP contribution is -2.14. The van der Waals surface area contributed by atoms with Crippen molar-refractivity contribution in [3.8, 4) is 0 Å². The third-order valence-electron chi connectivity index (χ3n) is 3.84. The second-order valence-electron chi connectivity index (χ2n) is 5.73. The van der Waals surface area contributed by atoms with Crippen LogP contribution in [0.2, 0.25) is 0 Å². The Bertz CT molecular complexity index is 1000. The number of amides is 2. The first kappa shape index (κ1) is 17.2. The maximum atomic E-state index is 12.7. The molecular formula is C20H16N2O4. The molecule has 3 aromatic carbocycles. The number of aromatic carboxylic acids is 1. The second kappa shape index (κ2) is 7.06. The Morgan fingerprint density at radius 1 is 0.769 bits per heavy atom. The number of carboxylic acids is 1. The average molecular weight is 348 g/mol. The smallest absolute Gasteiger partial charge is 0.336 e. The van der Waals surface area contributed by atoms with Crippen molar-refractivity contribution in [1.82, 2.24) is 0 Å². The summed E-state index contributed by atoms with van der Waals surface area (Å²) < 4.78 is 0. The van der Waals surface area contributed by atoms with Gasteiger partial charge in [-0.15, -0.1) is 0 Å². The Morgan fingerprint density at radius 2 is 1.31 bits per heavy atom. The number of benzene rings is 3. The molecule has 0 atom stereocenters. The fourth-order valence-corrected chi connectivity index (χ4v) is 2.75. The molecule has 3 N–H and O–H groups in total. The van der Waals surface area contributed by atoms with Crippen molar-refractivity contribution in [2.24, 2.45) is 0 Å². The molecular weight excluding hydrogens is 332 g/mol. The van der Waals surface area contributed by atoms with Crippen LogP contribution in [-0.2, 0) is 4.79 Å². The SMILES string of the molecule is CC(=O)Nc1ccc(NC(=O)c2cccc3cccc(C(=O)O)c23)cc1. The molecule has 0 heterocycles. The van der Waals surface area contributed by atoms with Gasteiger partial charge in [-0.05, 0) is 41.8 Å². The normalized spacial score (nSPS) is 10.3. The predicted octanol–water partition coefficient (Wildman–Crippen LogP) is 3.75. The van der Waals surface area contributed by atoms with Gasteiger partial charge in [-0.3, -0.25) is 9.59 Å². The first-order valence-corrected chi connectivity index (χ1v) is 7.90. The van der Waals surface area contributed by atoms with Crippen molar-refractivity contribution in [3.63, 3.8) is 0 Å². The van der Waals surface area contributed by atoms with Crippen LogP contribution >= 0.6 is 0 Å². The average Bonchev–Trinajstić information content (AvgIpc) is 2.61. The summed E-state index contributed by atoms with van der Waals surface area (Å²) in [6.07, 6.45) is 0. The number of nitrogens with one attached hydrogen (secondary N) is 2. The number of carbonyl (C=O) groups excluding carboxylic acids is 2. The van der Waals surface area contributed by atoms with E-state index in [0.717, 1.165) is 0 Å². The van der Waals surface area contributed by atoms with Gasteiger partial charge in [0.1, 0.15) is 0 Å². The molecule has 3 rings (SSSR count). The Hall–Kier alpha value is -3.67. The van der Waals surface area contributed by atoms with Crippen LogP contribution in [-0.4, -0.2) is 22.9 Å². The van der Waals surface area contributed by atoms with Gasteiger partial charge < -0.3 is 15.7 Å². The van der Waals surface area contributed by atoms with E-state index in [2.05, 4.69) is 10.6 Å². The van der Waals surface area contributed by atoms with E-state index in [1.165, 1.54) is 13.0 Å². The largest absolute Gasteiger partial charge is 0.478 e. The van der Waals surface area contributed by atoms with Crippen LogP contribution in [0.4, 0.5) is 11.4 Å². The molecule has 0 saturated heterocycles. The van der Waals surface area contributed by atoms with Gasteiger partial charge in [0.2, 0.25) is 5.91 Å². The second-order valence-corrected chi connectivity index (χ2v) is 5.73. The molecule has 130 valence electrons. The molecule has 26 heavy (non-hydrogen) atoms. The number of fused-ring (bicyclic) bond motifs is 1. The maximum Gasteiger partial charge on any atom is 0.336 e. The molecule has 0 bridgehead atoms. The highest BCUT2D eigenvalue weighted by Gasteiger charge is 2.16. The summed E-state index contributed by atoms with van der Waals surface area (Å²) in [4.78, 5) is 35.2. The molecule has 0 spiro atoms. The minimum Gasteiger partial charge on any atom is -0.478 e. The molecule has 0 aliphatic rings. The monoisotopic (exact) mass is 348 g/mol. The van der Waals surface area contributed by atoms with Crippen molar-refractivity contribution in [1.29, 1.82) is 0 Å². The summed E-state index contributed by atoms with van der Waals surface area (Å²) in [6, 6.07) is 16.6. The highest BCUT2D eigenvalue weighted by Crippen LogP contribution is 2.24. The number of rotatable bonds is 4. The molecule has 6 heteroatoms. The number of hydrogen-bond donors (Lipinski definition) is 3. The van der Waals surface area contributed by atoms with Crippen LogP contribution in [0.25, 0.3) is 10.8 Å². The van der Waals surface area contributed by atoms with Gasteiger partial charge in [-0.1, -0.05) is 24.3 Å². The van der Waals surface area contributed by atoms with E-state index in [1.54, 1.807) is 54.6 Å². The summed E-state index contributed by atoms with van der Waals surface area (Å²) in [5.41, 5.74) is 1.52. The Labute approximate surface area is 149 Å². The summed E-state index contributed by atoms with van der Waals surface area (Å²) in [5, 5.41) is 15.9. The van der Waals surface area contributed by atoms with E-state index in [-0.39, 0.29) is 17.0 Å². The molecule has 6 nitrogen and oxygen atoms in total. The van der Waals surface area contributed by atoms with Gasteiger partial charge in [-0.25, -0.2) is 4.79 Å². The molecule has 0 unspecified atom stereocenters. The molecule has 0 aliphatic carbocycles. The van der Waals surface area contributed by atoms with Crippen molar-refractivity contribution in [2.45, 2.75) is 6.92 Å². The number of hydrogen-bond acceptors (Lipinski definition) is 3. The van der Waals surface area contributed by atoms with E-state index in [9.17, 15) is 19.5 Å². The summed E-state index contributed by atoms with van der Waals surface area (Å²) in [5.74, 6) is -1.68. The molecule has 2 amide bonds. The van der Waals surface area contributed by atoms with Crippen LogP contribution in [0.3, 0.4) is 0 Å². The Kier molecular flexibility index (Phi) is 4.66. The lowest BCUT2D eigenvalue weighted by atomic mass is 9.98. The minimum absolute atomic E-state index is 0.0780. The molecule has 0 aromatic heterocycles. The minimum atomic E-state index is -1.09. The molecule has 0 aliphatic heterocycles.